The Bertz CT molecular complexity index is 427. The van der Waals surface area contributed by atoms with Gasteiger partial charge in [-0.3, -0.25) is 0 Å². The zero-order valence-electron chi connectivity index (χ0n) is 10.3. The Kier molecular flexibility index (Phi) is 4.12. The van der Waals surface area contributed by atoms with Gasteiger partial charge in [-0.2, -0.15) is 0 Å². The second-order valence-electron chi connectivity index (χ2n) is 3.98. The van der Waals surface area contributed by atoms with E-state index in [0.29, 0.717) is 13.2 Å². The van der Waals surface area contributed by atoms with Gasteiger partial charge in [0.25, 0.3) is 5.79 Å². The molecule has 0 unspecified atom stereocenters. The lowest BCUT2D eigenvalue weighted by Crippen LogP contribution is -2.37. The van der Waals surface area contributed by atoms with Crippen LogP contribution in [0.5, 0.6) is 0 Å². The topological polar surface area (TPSA) is 44.8 Å². The van der Waals surface area contributed by atoms with E-state index in [0.717, 1.165) is 5.56 Å². The summed E-state index contributed by atoms with van der Waals surface area (Å²) in [4.78, 5) is 11.1. The molecule has 18 heavy (non-hydrogen) atoms. The van der Waals surface area contributed by atoms with E-state index in [4.69, 9.17) is 14.2 Å². The van der Waals surface area contributed by atoms with Gasteiger partial charge in [0.2, 0.25) is 0 Å². The van der Waals surface area contributed by atoms with Crippen molar-refractivity contribution in [2.75, 3.05) is 13.2 Å². The lowest BCUT2D eigenvalue weighted by atomic mass is 10.2. The van der Waals surface area contributed by atoms with Gasteiger partial charge in [-0.05, 0) is 18.6 Å². The number of hydrogen-bond donors (Lipinski definition) is 0. The second kappa shape index (κ2) is 5.80. The Labute approximate surface area is 106 Å². The van der Waals surface area contributed by atoms with E-state index >= 15 is 0 Å². The van der Waals surface area contributed by atoms with E-state index in [-0.39, 0.29) is 6.61 Å². The Hall–Kier alpha value is -1.65. The minimum absolute atomic E-state index is 0.192. The molecule has 0 aliphatic carbocycles. The summed E-state index contributed by atoms with van der Waals surface area (Å²) in [6.07, 6.45) is 2.96. The van der Waals surface area contributed by atoms with Crippen molar-refractivity contribution in [3.8, 4) is 0 Å². The molecular formula is C14H16O4. The number of hydrogen-bond acceptors (Lipinski definition) is 4. The Morgan fingerprint density at radius 3 is 2.67 bits per heavy atom. The number of ether oxygens (including phenoxy) is 3. The van der Waals surface area contributed by atoms with Crippen molar-refractivity contribution in [2.45, 2.75) is 19.3 Å². The first-order valence-electron chi connectivity index (χ1n) is 5.92. The van der Waals surface area contributed by atoms with Crippen molar-refractivity contribution in [3.63, 3.8) is 0 Å². The van der Waals surface area contributed by atoms with Crippen LogP contribution in [-0.4, -0.2) is 25.0 Å². The molecule has 0 radical (unpaired) electrons. The molecule has 1 aromatic carbocycles. The molecule has 0 saturated carbocycles. The average Bonchev–Trinajstić information content (AvgIpc) is 2.73. The molecule has 4 nitrogen and oxygen atoms in total. The molecule has 1 atom stereocenters. The van der Waals surface area contributed by atoms with Crippen molar-refractivity contribution in [3.05, 3.63) is 48.0 Å². The normalized spacial score (nSPS) is 22.2. The van der Waals surface area contributed by atoms with Crippen LogP contribution in [-0.2, 0) is 25.6 Å². The van der Waals surface area contributed by atoms with Crippen molar-refractivity contribution < 1.29 is 19.0 Å². The minimum atomic E-state index is -1.05. The third kappa shape index (κ3) is 3.18. The molecule has 4 heteroatoms. The highest BCUT2D eigenvalue weighted by atomic mass is 16.7. The highest BCUT2D eigenvalue weighted by Gasteiger charge is 2.36. The fourth-order valence-corrected chi connectivity index (χ4v) is 1.76. The van der Waals surface area contributed by atoms with E-state index in [1.165, 1.54) is 6.08 Å². The van der Waals surface area contributed by atoms with Crippen LogP contribution in [0.4, 0.5) is 0 Å². The molecule has 0 aromatic heterocycles. The summed E-state index contributed by atoms with van der Waals surface area (Å²) in [5, 5.41) is 0. The van der Waals surface area contributed by atoms with Crippen LogP contribution in [0.15, 0.2) is 42.5 Å². The van der Waals surface area contributed by atoms with Crippen molar-refractivity contribution in [2.24, 2.45) is 0 Å². The van der Waals surface area contributed by atoms with Crippen molar-refractivity contribution in [1.82, 2.24) is 0 Å². The molecule has 0 N–H and O–H groups in total. The fraction of sp³-hybridized carbons (Fsp3) is 0.357. The first-order chi connectivity index (χ1) is 8.74. The summed E-state index contributed by atoms with van der Waals surface area (Å²) in [6.45, 7) is 2.95. The molecule has 2 rings (SSSR count). The van der Waals surface area contributed by atoms with Crippen LogP contribution in [0.25, 0.3) is 0 Å². The predicted molar refractivity (Wildman–Crippen MR) is 65.7 cm³/mol. The summed E-state index contributed by atoms with van der Waals surface area (Å²) in [5.74, 6) is -1.45. The highest BCUT2D eigenvalue weighted by Crippen LogP contribution is 2.22. The van der Waals surface area contributed by atoms with Gasteiger partial charge in [-0.15, -0.1) is 0 Å². The van der Waals surface area contributed by atoms with Gasteiger partial charge in [0.05, 0.1) is 6.61 Å². The van der Waals surface area contributed by atoms with Crippen LogP contribution in [0.2, 0.25) is 0 Å². The smallest absolute Gasteiger partial charge is 0.333 e. The van der Waals surface area contributed by atoms with Crippen molar-refractivity contribution >= 4 is 5.97 Å². The molecular weight excluding hydrogens is 232 g/mol. The molecule has 0 fully saturated rings. The number of esters is 1. The van der Waals surface area contributed by atoms with Gasteiger partial charge < -0.3 is 14.2 Å². The summed E-state index contributed by atoms with van der Waals surface area (Å²) < 4.78 is 16.1. The Morgan fingerprint density at radius 1 is 1.28 bits per heavy atom. The number of rotatable bonds is 6. The number of benzene rings is 1. The zero-order valence-corrected chi connectivity index (χ0v) is 10.3. The molecule has 96 valence electrons. The quantitative estimate of drug-likeness (QED) is 0.723. The molecule has 0 spiro atoms. The molecule has 0 amide bonds. The SMILES string of the molecule is CCO[C@@]1(COCc2ccccc2)C=CC(=O)O1. The van der Waals surface area contributed by atoms with Gasteiger partial charge in [-0.25, -0.2) is 4.79 Å². The maximum Gasteiger partial charge on any atom is 0.333 e. The van der Waals surface area contributed by atoms with E-state index in [2.05, 4.69) is 0 Å². The second-order valence-corrected chi connectivity index (χ2v) is 3.98. The van der Waals surface area contributed by atoms with E-state index in [9.17, 15) is 4.79 Å². The maximum absolute atomic E-state index is 11.1. The molecule has 0 saturated heterocycles. The monoisotopic (exact) mass is 248 g/mol. The molecule has 0 bridgehead atoms. The van der Waals surface area contributed by atoms with Crippen molar-refractivity contribution in [1.29, 1.82) is 0 Å². The van der Waals surface area contributed by atoms with Gasteiger partial charge in [0, 0.05) is 12.7 Å². The predicted octanol–water partition coefficient (Wildman–Crippen LogP) is 2.05. The van der Waals surface area contributed by atoms with E-state index < -0.39 is 11.8 Å². The van der Waals surface area contributed by atoms with Gasteiger partial charge in [0.15, 0.2) is 0 Å². The number of carbonyl (C=O) groups excluding carboxylic acids is 1. The first kappa shape index (κ1) is 12.8. The van der Waals surface area contributed by atoms with E-state index in [1.54, 1.807) is 6.08 Å². The van der Waals surface area contributed by atoms with Crippen LogP contribution in [0, 0.1) is 0 Å². The average molecular weight is 248 g/mol. The van der Waals surface area contributed by atoms with Crippen LogP contribution in [0.1, 0.15) is 12.5 Å². The van der Waals surface area contributed by atoms with Crippen LogP contribution >= 0.6 is 0 Å². The maximum atomic E-state index is 11.1. The Morgan fingerprint density at radius 2 is 2.06 bits per heavy atom. The largest absolute Gasteiger partial charge is 0.423 e. The number of cyclic esters (lactones) is 1. The van der Waals surface area contributed by atoms with Gasteiger partial charge in [0.1, 0.15) is 6.61 Å². The van der Waals surface area contributed by atoms with Crippen LogP contribution in [0.3, 0.4) is 0 Å². The fourth-order valence-electron chi connectivity index (χ4n) is 1.76. The Balaban J connectivity index is 1.87. The zero-order chi connectivity index (χ0) is 12.8. The lowest BCUT2D eigenvalue weighted by molar-refractivity contribution is -0.216. The molecule has 1 heterocycles. The standard InChI is InChI=1S/C14H16O4/c1-2-17-14(9-8-13(15)18-14)11-16-10-12-6-4-3-5-7-12/h3-9H,2,10-11H2,1H3/t14-/m0/s1. The summed E-state index contributed by atoms with van der Waals surface area (Å²) in [7, 11) is 0. The summed E-state index contributed by atoms with van der Waals surface area (Å²) in [5.41, 5.74) is 1.07. The third-order valence-corrected chi connectivity index (χ3v) is 2.55. The summed E-state index contributed by atoms with van der Waals surface area (Å²) in [6, 6.07) is 9.80. The number of carbonyl (C=O) groups is 1. The summed E-state index contributed by atoms with van der Waals surface area (Å²) >= 11 is 0. The molecule has 1 aliphatic rings. The molecule has 1 aromatic rings. The van der Waals surface area contributed by atoms with E-state index in [1.807, 2.05) is 37.3 Å². The van der Waals surface area contributed by atoms with Crippen LogP contribution < -0.4 is 0 Å². The first-order valence-corrected chi connectivity index (χ1v) is 5.92. The molecule has 1 aliphatic heterocycles. The highest BCUT2D eigenvalue weighted by molar-refractivity contribution is 5.84. The minimum Gasteiger partial charge on any atom is -0.423 e. The van der Waals surface area contributed by atoms with Gasteiger partial charge >= 0.3 is 5.97 Å². The van der Waals surface area contributed by atoms with Gasteiger partial charge in [-0.1, -0.05) is 30.3 Å². The lowest BCUT2D eigenvalue weighted by Gasteiger charge is -2.25. The third-order valence-electron chi connectivity index (χ3n) is 2.55.